The molecule has 0 aromatic heterocycles. The summed E-state index contributed by atoms with van der Waals surface area (Å²) in [5, 5.41) is 30.9. The van der Waals surface area contributed by atoms with Crippen molar-refractivity contribution in [1.82, 2.24) is 0 Å². The van der Waals surface area contributed by atoms with Crippen molar-refractivity contribution < 1.29 is 77.2 Å². The van der Waals surface area contributed by atoms with Crippen molar-refractivity contribution in [2.75, 3.05) is 19.8 Å². The van der Waals surface area contributed by atoms with Crippen LogP contribution >= 0.6 is 0 Å². The van der Waals surface area contributed by atoms with Crippen LogP contribution in [0.4, 0.5) is 0 Å². The molecule has 0 bridgehead atoms. The molecule has 0 saturated carbocycles. The van der Waals surface area contributed by atoms with E-state index in [1.165, 1.54) is 0 Å². The van der Waals surface area contributed by atoms with Crippen molar-refractivity contribution in [1.29, 1.82) is 0 Å². The molecule has 16 heteroatoms. The molecule has 0 aliphatic carbocycles. The molecule has 0 aromatic rings. The van der Waals surface area contributed by atoms with Crippen molar-refractivity contribution in [2.24, 2.45) is 0 Å². The van der Waals surface area contributed by atoms with Crippen LogP contribution in [0.3, 0.4) is 0 Å². The molecule has 2 heterocycles. The Hall–Kier alpha value is -2.89. The second-order valence-corrected chi connectivity index (χ2v) is 8.51. The molecule has 0 spiro atoms. The fourth-order valence-electron chi connectivity index (χ4n) is 4.06. The number of carbonyl (C=O) groups excluding carboxylic acids is 5. The smallest absolute Gasteiger partial charge is 0.303 e. The molecule has 38 heavy (non-hydrogen) atoms. The SMILES string of the molecule is CC(=O)OC[C@H]1O[C@@H](O[C@@]2(CO)O[C@@H](CO)[C@@H](OC(C)=O)[C@H]2OC(C)=O)[C@@H](OC(C)=O)[C@@H](OC(C)=O)[C@@H]1O. The van der Waals surface area contributed by atoms with Gasteiger partial charge in [-0.15, -0.1) is 0 Å². The third-order valence-corrected chi connectivity index (χ3v) is 5.43. The summed E-state index contributed by atoms with van der Waals surface area (Å²) in [5.41, 5.74) is 0. The molecular formula is C22H32O16. The second kappa shape index (κ2) is 13.3. The fourth-order valence-corrected chi connectivity index (χ4v) is 4.06. The zero-order chi connectivity index (χ0) is 28.8. The molecule has 0 amide bonds. The Morgan fingerprint density at radius 2 is 1.26 bits per heavy atom. The maximum absolute atomic E-state index is 11.9. The molecule has 3 N–H and O–H groups in total. The van der Waals surface area contributed by atoms with Gasteiger partial charge in [-0.05, 0) is 0 Å². The number of hydrogen-bond acceptors (Lipinski definition) is 16. The lowest BCUT2D eigenvalue weighted by molar-refractivity contribution is -0.384. The van der Waals surface area contributed by atoms with Gasteiger partial charge in [0.05, 0.1) is 6.61 Å². The highest BCUT2D eigenvalue weighted by atomic mass is 16.8. The van der Waals surface area contributed by atoms with E-state index in [-0.39, 0.29) is 0 Å². The number of ether oxygens (including phenoxy) is 8. The topological polar surface area (TPSA) is 220 Å². The first kappa shape index (κ1) is 31.3. The van der Waals surface area contributed by atoms with Gasteiger partial charge in [0.15, 0.2) is 24.4 Å². The standard InChI is InChI=1S/C22H32O16/c1-9(25)31-7-15-16(30)18(33-11(3)27)19(34-12(4)28)21(36-15)38-22(8-24)20(35-13(5)29)17(32-10(2)26)14(6-23)37-22/h14-21,23-24,30H,6-8H2,1-5H3/t14-,15+,16+,17+,18-,19-,20+,21-,22+/m0/s1. The quantitative estimate of drug-likeness (QED) is 0.188. The zero-order valence-electron chi connectivity index (χ0n) is 21.4. The summed E-state index contributed by atoms with van der Waals surface area (Å²) < 4.78 is 42.9. The highest BCUT2D eigenvalue weighted by Gasteiger charge is 2.63. The molecule has 2 saturated heterocycles. The largest absolute Gasteiger partial charge is 0.463 e. The van der Waals surface area contributed by atoms with Crippen LogP contribution in [-0.4, -0.2) is 120 Å². The van der Waals surface area contributed by atoms with E-state index in [0.717, 1.165) is 34.6 Å². The minimum Gasteiger partial charge on any atom is -0.463 e. The van der Waals surface area contributed by atoms with Gasteiger partial charge in [0.25, 0.3) is 0 Å². The van der Waals surface area contributed by atoms with E-state index < -0.39 is 104 Å². The number of esters is 5. The van der Waals surface area contributed by atoms with Crippen molar-refractivity contribution in [3.8, 4) is 0 Å². The fraction of sp³-hybridized carbons (Fsp3) is 0.773. The maximum Gasteiger partial charge on any atom is 0.303 e. The lowest BCUT2D eigenvalue weighted by Crippen LogP contribution is -2.65. The summed E-state index contributed by atoms with van der Waals surface area (Å²) in [7, 11) is 0. The van der Waals surface area contributed by atoms with E-state index in [4.69, 9.17) is 37.9 Å². The van der Waals surface area contributed by atoms with Crippen LogP contribution in [0, 0.1) is 0 Å². The number of carbonyl (C=O) groups is 5. The number of rotatable bonds is 10. The van der Waals surface area contributed by atoms with Crippen LogP contribution < -0.4 is 0 Å². The predicted molar refractivity (Wildman–Crippen MR) is 116 cm³/mol. The van der Waals surface area contributed by atoms with Gasteiger partial charge in [0.1, 0.15) is 31.5 Å². The number of aliphatic hydroxyl groups is 3. The average molecular weight is 552 g/mol. The van der Waals surface area contributed by atoms with Crippen LogP contribution in [0.5, 0.6) is 0 Å². The Morgan fingerprint density at radius 1 is 0.737 bits per heavy atom. The highest BCUT2D eigenvalue weighted by Crippen LogP contribution is 2.40. The van der Waals surface area contributed by atoms with Gasteiger partial charge in [0, 0.05) is 34.6 Å². The first-order chi connectivity index (χ1) is 17.7. The molecule has 216 valence electrons. The van der Waals surface area contributed by atoms with Gasteiger partial charge in [-0.1, -0.05) is 0 Å². The van der Waals surface area contributed by atoms with Crippen LogP contribution in [0.15, 0.2) is 0 Å². The predicted octanol–water partition coefficient (Wildman–Crippen LogP) is -2.54. The maximum atomic E-state index is 11.9. The van der Waals surface area contributed by atoms with Crippen molar-refractivity contribution >= 4 is 29.8 Å². The molecule has 2 fully saturated rings. The van der Waals surface area contributed by atoms with E-state index in [1.807, 2.05) is 0 Å². The van der Waals surface area contributed by atoms with Crippen molar-refractivity contribution in [3.63, 3.8) is 0 Å². The Balaban J connectivity index is 2.55. The molecule has 0 radical (unpaired) electrons. The van der Waals surface area contributed by atoms with Gasteiger partial charge < -0.3 is 53.2 Å². The van der Waals surface area contributed by atoms with Crippen molar-refractivity contribution in [2.45, 2.75) is 89.4 Å². The van der Waals surface area contributed by atoms with Gasteiger partial charge in [-0.25, -0.2) is 0 Å². The average Bonchev–Trinajstić information content (AvgIpc) is 3.08. The molecule has 2 rings (SSSR count). The van der Waals surface area contributed by atoms with Crippen LogP contribution in [0.25, 0.3) is 0 Å². The molecule has 0 aromatic carbocycles. The normalized spacial score (nSPS) is 34.6. The monoisotopic (exact) mass is 552 g/mol. The Kier molecular flexibility index (Phi) is 10.9. The summed E-state index contributed by atoms with van der Waals surface area (Å²) in [5.74, 6) is -6.67. The summed E-state index contributed by atoms with van der Waals surface area (Å²) in [6, 6.07) is 0. The van der Waals surface area contributed by atoms with Gasteiger partial charge >= 0.3 is 29.8 Å². The third-order valence-electron chi connectivity index (χ3n) is 5.43. The summed E-state index contributed by atoms with van der Waals surface area (Å²) >= 11 is 0. The molecule has 2 aliphatic heterocycles. The van der Waals surface area contributed by atoms with E-state index in [9.17, 15) is 39.3 Å². The molecular weight excluding hydrogens is 520 g/mol. The first-order valence-corrected chi connectivity index (χ1v) is 11.5. The number of aliphatic hydroxyl groups excluding tert-OH is 3. The van der Waals surface area contributed by atoms with E-state index in [1.54, 1.807) is 0 Å². The minimum atomic E-state index is -2.39. The Morgan fingerprint density at radius 3 is 1.74 bits per heavy atom. The highest BCUT2D eigenvalue weighted by molar-refractivity contribution is 5.68. The van der Waals surface area contributed by atoms with E-state index in [0.29, 0.717) is 0 Å². The molecule has 2 aliphatic rings. The van der Waals surface area contributed by atoms with Gasteiger partial charge in [0.2, 0.25) is 12.1 Å². The van der Waals surface area contributed by atoms with Gasteiger partial charge in [-0.3, -0.25) is 24.0 Å². The summed E-state index contributed by atoms with van der Waals surface area (Å²) in [4.78, 5) is 58.6. The van der Waals surface area contributed by atoms with E-state index in [2.05, 4.69) is 0 Å². The Labute approximate surface area is 216 Å². The lowest BCUT2D eigenvalue weighted by Gasteiger charge is -2.45. The lowest BCUT2D eigenvalue weighted by atomic mass is 9.98. The van der Waals surface area contributed by atoms with Crippen LogP contribution in [0.1, 0.15) is 34.6 Å². The Bertz CT molecular complexity index is 891. The van der Waals surface area contributed by atoms with Crippen molar-refractivity contribution in [3.05, 3.63) is 0 Å². The van der Waals surface area contributed by atoms with Crippen LogP contribution in [-0.2, 0) is 61.9 Å². The van der Waals surface area contributed by atoms with Gasteiger partial charge in [-0.2, -0.15) is 0 Å². The molecule has 0 unspecified atom stereocenters. The molecule has 9 atom stereocenters. The number of hydrogen-bond donors (Lipinski definition) is 3. The summed E-state index contributed by atoms with van der Waals surface area (Å²) in [6.07, 6.45) is -12.8. The molecule has 16 nitrogen and oxygen atoms in total. The third kappa shape index (κ3) is 7.58. The van der Waals surface area contributed by atoms with Crippen LogP contribution in [0.2, 0.25) is 0 Å². The summed E-state index contributed by atoms with van der Waals surface area (Å²) in [6.45, 7) is 2.76. The second-order valence-electron chi connectivity index (χ2n) is 8.51. The van der Waals surface area contributed by atoms with E-state index >= 15 is 0 Å². The minimum absolute atomic E-state index is 0.559. The first-order valence-electron chi connectivity index (χ1n) is 11.5. The zero-order valence-corrected chi connectivity index (χ0v) is 21.4.